The van der Waals surface area contributed by atoms with E-state index in [0.717, 1.165) is 11.1 Å². The Hall–Kier alpha value is -1.49. The summed E-state index contributed by atoms with van der Waals surface area (Å²) in [6, 6.07) is 2.60. The van der Waals surface area contributed by atoms with E-state index >= 15 is 0 Å². The zero-order valence-electron chi connectivity index (χ0n) is 9.83. The van der Waals surface area contributed by atoms with Crippen LogP contribution >= 0.6 is 11.6 Å². The zero-order valence-corrected chi connectivity index (χ0v) is 10.6. The van der Waals surface area contributed by atoms with Gasteiger partial charge in [0.15, 0.2) is 11.6 Å². The Morgan fingerprint density at radius 1 is 1.33 bits per heavy atom. The minimum Gasteiger partial charge on any atom is -0.214 e. The first-order chi connectivity index (χ1) is 8.63. The van der Waals surface area contributed by atoms with E-state index in [2.05, 4.69) is 10.3 Å². The van der Waals surface area contributed by atoms with Crippen molar-refractivity contribution in [1.82, 2.24) is 15.0 Å². The van der Waals surface area contributed by atoms with Crippen molar-refractivity contribution >= 4 is 11.6 Å². The number of hydrogen-bond acceptors (Lipinski definition) is 2. The fourth-order valence-corrected chi connectivity index (χ4v) is 1.76. The molecule has 1 heterocycles. The molecule has 0 saturated heterocycles. The Kier molecular flexibility index (Phi) is 3.91. The van der Waals surface area contributed by atoms with Gasteiger partial charge in [0.1, 0.15) is 5.69 Å². The Bertz CT molecular complexity index is 554. The number of aromatic nitrogens is 3. The third kappa shape index (κ3) is 2.51. The molecular weight excluding hydrogens is 260 g/mol. The molecular formula is C12H12ClF2N3. The molecule has 1 aromatic carbocycles. The summed E-state index contributed by atoms with van der Waals surface area (Å²) in [6.07, 6.45) is 2.91. The summed E-state index contributed by atoms with van der Waals surface area (Å²) in [6.45, 7) is 1.57. The highest BCUT2D eigenvalue weighted by Gasteiger charge is 2.15. The van der Waals surface area contributed by atoms with Crippen LogP contribution in [-0.4, -0.2) is 20.9 Å². The molecule has 96 valence electrons. The molecule has 0 radical (unpaired) electrons. The summed E-state index contributed by atoms with van der Waals surface area (Å²) in [7, 11) is 0. The van der Waals surface area contributed by atoms with E-state index in [0.29, 0.717) is 23.6 Å². The minimum atomic E-state index is -0.660. The zero-order chi connectivity index (χ0) is 13.1. The first kappa shape index (κ1) is 13.0. The van der Waals surface area contributed by atoms with Gasteiger partial charge in [-0.25, -0.2) is 13.5 Å². The standard InChI is InChI=1S/C12H12ClF2N3/c1-8-4-5-10(14)12(11(8)15)18-7-9(16-17-18)3-2-6-13/h4-5,7H,2-3,6H2,1H3. The second kappa shape index (κ2) is 5.44. The number of halogens is 3. The molecule has 0 aliphatic carbocycles. The van der Waals surface area contributed by atoms with Crippen molar-refractivity contribution in [1.29, 1.82) is 0 Å². The van der Waals surface area contributed by atoms with E-state index < -0.39 is 11.6 Å². The molecule has 0 N–H and O–H groups in total. The topological polar surface area (TPSA) is 30.7 Å². The molecule has 18 heavy (non-hydrogen) atoms. The summed E-state index contributed by atoms with van der Waals surface area (Å²) in [5.41, 5.74) is 0.833. The predicted molar refractivity (Wildman–Crippen MR) is 65.1 cm³/mol. The average Bonchev–Trinajstić information content (AvgIpc) is 2.80. The second-order valence-corrected chi connectivity index (χ2v) is 4.35. The van der Waals surface area contributed by atoms with Crippen molar-refractivity contribution < 1.29 is 8.78 Å². The first-order valence-corrected chi connectivity index (χ1v) is 6.09. The largest absolute Gasteiger partial charge is 0.214 e. The molecule has 2 rings (SSSR count). The van der Waals surface area contributed by atoms with Crippen LogP contribution in [0.5, 0.6) is 0 Å². The van der Waals surface area contributed by atoms with Gasteiger partial charge in [0.05, 0.1) is 11.9 Å². The van der Waals surface area contributed by atoms with Gasteiger partial charge in [0, 0.05) is 5.88 Å². The van der Waals surface area contributed by atoms with Crippen molar-refractivity contribution in [3.05, 3.63) is 41.2 Å². The third-order valence-corrected chi connectivity index (χ3v) is 2.86. The van der Waals surface area contributed by atoms with E-state index in [1.807, 2.05) is 0 Å². The van der Waals surface area contributed by atoms with Gasteiger partial charge in [-0.05, 0) is 31.4 Å². The highest BCUT2D eigenvalue weighted by Crippen LogP contribution is 2.20. The minimum absolute atomic E-state index is 0.195. The van der Waals surface area contributed by atoms with Crippen LogP contribution in [0.1, 0.15) is 17.7 Å². The van der Waals surface area contributed by atoms with E-state index in [-0.39, 0.29) is 5.69 Å². The quantitative estimate of drug-likeness (QED) is 0.801. The van der Waals surface area contributed by atoms with Gasteiger partial charge in [-0.15, -0.1) is 16.7 Å². The van der Waals surface area contributed by atoms with Gasteiger partial charge in [-0.1, -0.05) is 11.3 Å². The molecule has 0 amide bonds. The number of hydrogen-bond donors (Lipinski definition) is 0. The van der Waals surface area contributed by atoms with Gasteiger partial charge < -0.3 is 0 Å². The monoisotopic (exact) mass is 271 g/mol. The number of nitrogens with zero attached hydrogens (tertiary/aromatic N) is 3. The normalized spacial score (nSPS) is 10.9. The van der Waals surface area contributed by atoms with E-state index in [1.165, 1.54) is 18.3 Å². The number of alkyl halides is 1. The molecule has 0 aliphatic rings. The van der Waals surface area contributed by atoms with E-state index in [9.17, 15) is 8.78 Å². The fourth-order valence-electron chi connectivity index (χ4n) is 1.62. The predicted octanol–water partition coefficient (Wildman–Crippen LogP) is 3.03. The molecule has 0 spiro atoms. The van der Waals surface area contributed by atoms with Gasteiger partial charge in [0.25, 0.3) is 0 Å². The maximum absolute atomic E-state index is 13.9. The third-order valence-electron chi connectivity index (χ3n) is 2.60. The van der Waals surface area contributed by atoms with Gasteiger partial charge in [0.2, 0.25) is 0 Å². The molecule has 0 atom stereocenters. The van der Waals surface area contributed by atoms with Gasteiger partial charge in [-0.3, -0.25) is 0 Å². The molecule has 3 nitrogen and oxygen atoms in total. The van der Waals surface area contributed by atoms with Gasteiger partial charge in [-0.2, -0.15) is 0 Å². The molecule has 0 bridgehead atoms. The van der Waals surface area contributed by atoms with Crippen LogP contribution in [0.3, 0.4) is 0 Å². The molecule has 0 saturated carbocycles. The van der Waals surface area contributed by atoms with Crippen LogP contribution in [0.4, 0.5) is 8.78 Å². The second-order valence-electron chi connectivity index (χ2n) is 3.97. The summed E-state index contributed by atoms with van der Waals surface area (Å²) in [5.74, 6) is -0.768. The van der Waals surface area contributed by atoms with Crippen LogP contribution in [0.2, 0.25) is 0 Å². The van der Waals surface area contributed by atoms with Crippen LogP contribution < -0.4 is 0 Å². The Labute approximate surface area is 108 Å². The lowest BCUT2D eigenvalue weighted by atomic mass is 10.2. The first-order valence-electron chi connectivity index (χ1n) is 5.55. The van der Waals surface area contributed by atoms with Crippen molar-refractivity contribution in [3.8, 4) is 5.69 Å². The average molecular weight is 272 g/mol. The van der Waals surface area contributed by atoms with Crippen LogP contribution in [0.25, 0.3) is 5.69 Å². The highest BCUT2D eigenvalue weighted by molar-refractivity contribution is 6.17. The summed E-state index contributed by atoms with van der Waals surface area (Å²) in [5, 5.41) is 7.61. The lowest BCUT2D eigenvalue weighted by Crippen LogP contribution is -2.04. The lowest BCUT2D eigenvalue weighted by molar-refractivity contribution is 0.551. The Morgan fingerprint density at radius 3 is 2.83 bits per heavy atom. The smallest absolute Gasteiger partial charge is 0.154 e. The Balaban J connectivity index is 2.37. The molecule has 2 aromatic rings. The van der Waals surface area contributed by atoms with Crippen molar-refractivity contribution in [3.63, 3.8) is 0 Å². The summed E-state index contributed by atoms with van der Waals surface area (Å²) in [4.78, 5) is 0. The van der Waals surface area contributed by atoms with Crippen molar-refractivity contribution in [2.24, 2.45) is 0 Å². The fraction of sp³-hybridized carbons (Fsp3) is 0.333. The maximum Gasteiger partial charge on any atom is 0.154 e. The van der Waals surface area contributed by atoms with Crippen molar-refractivity contribution in [2.45, 2.75) is 19.8 Å². The number of aryl methyl sites for hydroxylation is 2. The lowest BCUT2D eigenvalue weighted by Gasteiger charge is -2.05. The summed E-state index contributed by atoms with van der Waals surface area (Å²) >= 11 is 5.57. The molecule has 0 aliphatic heterocycles. The molecule has 1 aromatic heterocycles. The van der Waals surface area contributed by atoms with E-state index in [1.54, 1.807) is 6.92 Å². The van der Waals surface area contributed by atoms with Crippen LogP contribution in [0, 0.1) is 18.6 Å². The molecule has 0 fully saturated rings. The molecule has 0 unspecified atom stereocenters. The molecule has 6 heteroatoms. The highest BCUT2D eigenvalue weighted by atomic mass is 35.5. The SMILES string of the molecule is Cc1ccc(F)c(-n2cc(CCCCl)nn2)c1F. The number of benzene rings is 1. The van der Waals surface area contributed by atoms with Gasteiger partial charge >= 0.3 is 0 Å². The van der Waals surface area contributed by atoms with Crippen LogP contribution in [0.15, 0.2) is 18.3 Å². The number of rotatable bonds is 4. The maximum atomic E-state index is 13.9. The van der Waals surface area contributed by atoms with Crippen LogP contribution in [-0.2, 0) is 6.42 Å². The summed E-state index contributed by atoms with van der Waals surface area (Å²) < 4.78 is 28.6. The van der Waals surface area contributed by atoms with E-state index in [4.69, 9.17) is 11.6 Å². The van der Waals surface area contributed by atoms with Crippen molar-refractivity contribution in [2.75, 3.05) is 5.88 Å². The Morgan fingerprint density at radius 2 is 2.11 bits per heavy atom.